The van der Waals surface area contributed by atoms with Crippen LogP contribution in [0.15, 0.2) is 66.7 Å². The van der Waals surface area contributed by atoms with E-state index in [2.05, 4.69) is 0 Å². The molecule has 1 heterocycles. The molecule has 0 saturated carbocycles. The van der Waals surface area contributed by atoms with Gasteiger partial charge in [0.2, 0.25) is 5.62 Å². The van der Waals surface area contributed by atoms with Crippen molar-refractivity contribution in [3.05, 3.63) is 100 Å². The van der Waals surface area contributed by atoms with Crippen LogP contribution in [0.1, 0.15) is 33.9 Å². The smallest absolute Gasteiger partial charge is 0.394 e. The molecule has 0 aliphatic carbocycles. The zero-order chi connectivity index (χ0) is 23.8. The first kappa shape index (κ1) is 22.9. The van der Waals surface area contributed by atoms with Gasteiger partial charge in [0.15, 0.2) is 0 Å². The summed E-state index contributed by atoms with van der Waals surface area (Å²) >= 11 is 0. The molecule has 172 valence electrons. The number of aromatic nitrogens is 2. The lowest BCUT2D eigenvalue weighted by Crippen LogP contribution is -2.30. The van der Waals surface area contributed by atoms with Crippen LogP contribution >= 0.6 is 0 Å². The highest BCUT2D eigenvalue weighted by atomic mass is 19.4. The summed E-state index contributed by atoms with van der Waals surface area (Å²) in [6.07, 6.45) is -4.11. The summed E-state index contributed by atoms with van der Waals surface area (Å²) in [6, 6.07) is 18.6. The molecule has 0 aliphatic heterocycles. The summed E-state index contributed by atoms with van der Waals surface area (Å²) in [4.78, 5) is 0. The van der Waals surface area contributed by atoms with Gasteiger partial charge in [0, 0.05) is 0 Å². The second kappa shape index (κ2) is 8.90. The van der Waals surface area contributed by atoms with Gasteiger partial charge < -0.3 is 14.2 Å². The van der Waals surface area contributed by atoms with Crippen molar-refractivity contribution >= 4 is 11.0 Å². The Morgan fingerprint density at radius 3 is 1.97 bits per heavy atom. The lowest BCUT2D eigenvalue weighted by atomic mass is 10.0. The van der Waals surface area contributed by atoms with Gasteiger partial charge >= 0.3 is 6.18 Å². The molecule has 0 radical (unpaired) electrons. The Hall–Kier alpha value is -3.32. The molecule has 4 aromatic rings. The maximum Gasteiger partial charge on any atom is 0.416 e. The van der Waals surface area contributed by atoms with Crippen molar-refractivity contribution in [2.24, 2.45) is 0 Å². The van der Waals surface area contributed by atoms with Crippen molar-refractivity contribution < 1.29 is 18.3 Å². The van der Waals surface area contributed by atoms with E-state index in [0.717, 1.165) is 34.4 Å². The van der Waals surface area contributed by atoms with Crippen molar-refractivity contribution in [2.75, 3.05) is 6.61 Å². The van der Waals surface area contributed by atoms with E-state index < -0.39 is 17.8 Å². The van der Waals surface area contributed by atoms with E-state index in [1.165, 1.54) is 10.6 Å². The van der Waals surface area contributed by atoms with E-state index in [1.807, 2.05) is 62.4 Å². The van der Waals surface area contributed by atoms with Crippen molar-refractivity contribution in [2.45, 2.75) is 39.0 Å². The Morgan fingerprint density at radius 1 is 0.848 bits per heavy atom. The first-order valence-corrected chi connectivity index (χ1v) is 10.8. The van der Waals surface area contributed by atoms with Crippen LogP contribution in [-0.2, 0) is 19.1 Å². The highest BCUT2D eigenvalue weighted by molar-refractivity contribution is 5.77. The zero-order valence-corrected chi connectivity index (χ0v) is 18.5. The Balaban J connectivity index is 1.86. The van der Waals surface area contributed by atoms with Gasteiger partial charge in [0.1, 0.15) is 0 Å². The number of alkyl halides is 3. The third-order valence-electron chi connectivity index (χ3n) is 5.97. The molecule has 0 saturated heterocycles. The number of benzene rings is 3. The van der Waals surface area contributed by atoms with E-state index in [0.29, 0.717) is 18.5 Å². The van der Waals surface area contributed by atoms with Crippen molar-refractivity contribution in [1.82, 2.24) is 9.13 Å². The van der Waals surface area contributed by atoms with Gasteiger partial charge in [0.25, 0.3) is 0 Å². The van der Waals surface area contributed by atoms with Gasteiger partial charge in [-0.2, -0.15) is 13.2 Å². The predicted octanol–water partition coefficient (Wildman–Crippen LogP) is 5.38. The van der Waals surface area contributed by atoms with Crippen molar-refractivity contribution in [1.29, 1.82) is 5.41 Å². The summed E-state index contributed by atoms with van der Waals surface area (Å²) in [7, 11) is 0. The molecule has 0 aliphatic rings. The molecule has 0 unspecified atom stereocenters. The molecule has 3 aromatic carbocycles. The largest absolute Gasteiger partial charge is 0.416 e. The number of hydrogen-bond acceptors (Lipinski definition) is 2. The normalized spacial score (nSPS) is 12.9. The topological polar surface area (TPSA) is 53.9 Å². The maximum absolute atomic E-state index is 13.5. The average molecular weight is 454 g/mol. The van der Waals surface area contributed by atoms with Crippen LogP contribution < -0.4 is 5.62 Å². The van der Waals surface area contributed by atoms with Crippen LogP contribution in [-0.4, -0.2) is 20.8 Å². The number of nitrogens with one attached hydrogen (secondary N) is 1. The monoisotopic (exact) mass is 453 g/mol. The van der Waals surface area contributed by atoms with Crippen LogP contribution in [0.3, 0.4) is 0 Å². The minimum Gasteiger partial charge on any atom is -0.394 e. The number of halogens is 3. The van der Waals surface area contributed by atoms with E-state index in [9.17, 15) is 18.3 Å². The molecule has 4 rings (SSSR count). The number of nitrogens with zero attached hydrogens (tertiary/aromatic N) is 2. The van der Waals surface area contributed by atoms with Gasteiger partial charge in [-0.1, -0.05) is 59.7 Å². The SMILES string of the molecule is Cc1ccc(C[C@@H](CO)n2c(=N)n(Cc3ccc(C)cc3)c3ccc(C(F)(F)F)cc32)cc1. The molecule has 4 nitrogen and oxygen atoms in total. The van der Waals surface area contributed by atoms with Crippen LogP contribution in [0.2, 0.25) is 0 Å². The number of fused-ring (bicyclic) bond motifs is 1. The summed E-state index contributed by atoms with van der Waals surface area (Å²) in [5.74, 6) is 0. The zero-order valence-electron chi connectivity index (χ0n) is 18.5. The fraction of sp³-hybridized carbons (Fsp3) is 0.269. The highest BCUT2D eigenvalue weighted by Crippen LogP contribution is 2.32. The van der Waals surface area contributed by atoms with Crippen LogP contribution in [0.25, 0.3) is 11.0 Å². The molecule has 0 fully saturated rings. The van der Waals surface area contributed by atoms with Gasteiger partial charge in [-0.05, 0) is 49.6 Å². The van der Waals surface area contributed by atoms with Crippen LogP contribution in [0.4, 0.5) is 13.2 Å². The molecule has 33 heavy (non-hydrogen) atoms. The van der Waals surface area contributed by atoms with Gasteiger partial charge in [0.05, 0.1) is 35.8 Å². The number of rotatable bonds is 6. The van der Waals surface area contributed by atoms with Gasteiger partial charge in [-0.25, -0.2) is 0 Å². The molecule has 2 N–H and O–H groups in total. The number of imidazole rings is 1. The predicted molar refractivity (Wildman–Crippen MR) is 122 cm³/mol. The molecule has 0 amide bonds. The molecule has 0 spiro atoms. The Kier molecular flexibility index (Phi) is 6.17. The molecular formula is C26H26F3N3O. The van der Waals surface area contributed by atoms with Gasteiger partial charge in [-0.3, -0.25) is 5.41 Å². The number of aryl methyl sites for hydroxylation is 2. The summed E-state index contributed by atoms with van der Waals surface area (Å²) in [5, 5.41) is 19.1. The average Bonchev–Trinajstić information content (AvgIpc) is 3.05. The van der Waals surface area contributed by atoms with E-state index in [1.54, 1.807) is 4.57 Å². The lowest BCUT2D eigenvalue weighted by molar-refractivity contribution is -0.137. The fourth-order valence-corrected chi connectivity index (χ4v) is 4.12. The van der Waals surface area contributed by atoms with E-state index in [-0.39, 0.29) is 17.7 Å². The lowest BCUT2D eigenvalue weighted by Gasteiger charge is -2.18. The third-order valence-corrected chi connectivity index (χ3v) is 5.97. The molecule has 7 heteroatoms. The standard InChI is InChI=1S/C26H26F3N3O/c1-17-3-7-19(8-4-17)13-22(16-33)32-24-14-21(26(27,28)29)11-12-23(24)31(25(32)30)15-20-9-5-18(2)6-10-20/h3-12,14,22,30,33H,13,15-16H2,1-2H3/t22-/m0/s1. The molecule has 1 aromatic heterocycles. The van der Waals surface area contributed by atoms with Crippen LogP contribution in [0, 0.1) is 19.3 Å². The summed E-state index contributed by atoms with van der Waals surface area (Å²) in [6.45, 7) is 4.00. The first-order chi connectivity index (χ1) is 15.7. The summed E-state index contributed by atoms with van der Waals surface area (Å²) in [5.41, 5.74) is 4.17. The maximum atomic E-state index is 13.5. The number of aliphatic hydroxyl groups excluding tert-OH is 1. The Bertz CT molecular complexity index is 1320. The summed E-state index contributed by atoms with van der Waals surface area (Å²) < 4.78 is 43.7. The number of hydrogen-bond donors (Lipinski definition) is 2. The quantitative estimate of drug-likeness (QED) is 0.405. The minimum atomic E-state index is -4.50. The first-order valence-electron chi connectivity index (χ1n) is 10.8. The fourth-order valence-electron chi connectivity index (χ4n) is 4.12. The minimum absolute atomic E-state index is 0.0519. The number of aliphatic hydroxyl groups is 1. The second-order valence-electron chi connectivity index (χ2n) is 8.49. The molecule has 0 bridgehead atoms. The van der Waals surface area contributed by atoms with Crippen molar-refractivity contribution in [3.8, 4) is 0 Å². The van der Waals surface area contributed by atoms with Gasteiger partial charge in [-0.15, -0.1) is 0 Å². The third kappa shape index (κ3) is 4.73. The van der Waals surface area contributed by atoms with Crippen LogP contribution in [0.5, 0.6) is 0 Å². The molecular weight excluding hydrogens is 427 g/mol. The van der Waals surface area contributed by atoms with E-state index in [4.69, 9.17) is 5.41 Å². The highest BCUT2D eigenvalue weighted by Gasteiger charge is 2.32. The van der Waals surface area contributed by atoms with Crippen molar-refractivity contribution in [3.63, 3.8) is 0 Å². The van der Waals surface area contributed by atoms with E-state index >= 15 is 0 Å². The second-order valence-corrected chi connectivity index (χ2v) is 8.49. The Labute approximate surface area is 190 Å². The Morgan fingerprint density at radius 2 is 1.42 bits per heavy atom. The molecule has 1 atom stereocenters.